The third-order valence-corrected chi connectivity index (χ3v) is 25.4. The molecule has 1 spiro atoms. The van der Waals surface area contributed by atoms with Crippen LogP contribution in [0.25, 0.3) is 0 Å². The molecular weight excluding hydrogens is 1400 g/mol. The van der Waals surface area contributed by atoms with Crippen LogP contribution in [0.5, 0.6) is 0 Å². The van der Waals surface area contributed by atoms with Gasteiger partial charge in [-0.1, -0.05) is 79.1 Å². The highest BCUT2D eigenvalue weighted by Gasteiger charge is 2.53. The fourth-order valence-electron chi connectivity index (χ4n) is 17.7. The van der Waals surface area contributed by atoms with Crippen molar-refractivity contribution in [1.29, 1.82) is 0 Å². The molecule has 24 nitrogen and oxygen atoms in total. The summed E-state index contributed by atoms with van der Waals surface area (Å²) in [5, 5.41) is 10.2. The fraction of sp³-hybridized carbons (Fsp3) is 0.838. The molecule has 8 fully saturated rings. The summed E-state index contributed by atoms with van der Waals surface area (Å²) in [4.78, 5) is 190. The van der Waals surface area contributed by atoms with E-state index in [1.807, 2.05) is 13.8 Å². The zero-order chi connectivity index (χ0) is 77.3. The van der Waals surface area contributed by atoms with Crippen LogP contribution in [0.1, 0.15) is 208 Å². The molecule has 14 atom stereocenters. The van der Waals surface area contributed by atoms with Crippen molar-refractivity contribution in [3.05, 3.63) is 0 Å². The number of fused-ring (bicyclic) bond motifs is 2. The monoisotopic (exact) mass is 1510 g/mol. The lowest BCUT2D eigenvalue weighted by atomic mass is 9.78. The van der Waals surface area contributed by atoms with Gasteiger partial charge in [-0.05, 0) is 152 Å². The highest BCUT2D eigenvalue weighted by Crippen LogP contribution is 2.45. The smallest absolute Gasteiger partial charge is 0.343 e. The van der Waals surface area contributed by atoms with Crippen molar-refractivity contribution in [2.24, 2.45) is 41.4 Å². The second kappa shape index (κ2) is 36.1. The van der Waals surface area contributed by atoms with Crippen LogP contribution >= 0.6 is 11.6 Å². The SMILES string of the molecule is CC[C@H](C)[C@@H]1NC(=O)[C@H](CC2CCCC2)N(C)C(=O)C[C@@H](C(=O)N2CCCC2)N(C)C(=O)[C@H]([C@@H](C)CC)N(C)C(=O)C2(CCCC2)NC(=O)[C@@H]2CCCN2C(=O)[C@H](CCC2CCC(C(F)(F)F)C(Cl)C2)NC(=O)CN(C)C(=O)[C@H](CC2CCC(C(F)(F)F)CC2)N(C)C(=O)[C@@H]2CCN2C(=O)[C@H](C)NC1=O. The van der Waals surface area contributed by atoms with Gasteiger partial charge in [-0.2, -0.15) is 26.3 Å². The molecule has 12 amide bonds. The number of nitrogens with one attached hydrogen (secondary N) is 4. The second-order valence-electron chi connectivity index (χ2n) is 32.0. The van der Waals surface area contributed by atoms with Gasteiger partial charge in [-0.25, -0.2) is 0 Å². The molecule has 8 rings (SSSR count). The fourth-order valence-corrected chi connectivity index (χ4v) is 18.2. The Morgan fingerprint density at radius 1 is 0.552 bits per heavy atom. The van der Waals surface area contributed by atoms with Crippen molar-refractivity contribution in [3.63, 3.8) is 0 Å². The first-order valence-electron chi connectivity index (χ1n) is 38.6. The number of hydrogen-bond acceptors (Lipinski definition) is 12. The van der Waals surface area contributed by atoms with E-state index in [1.165, 1.54) is 66.7 Å². The quantitative estimate of drug-likeness (QED) is 0.113. The number of alkyl halides is 7. The summed E-state index contributed by atoms with van der Waals surface area (Å²) < 4.78 is 84.1. The van der Waals surface area contributed by atoms with Crippen LogP contribution in [0.15, 0.2) is 0 Å². The molecule has 4 N–H and O–H groups in total. The van der Waals surface area contributed by atoms with Crippen LogP contribution < -0.4 is 21.3 Å². The zero-order valence-electron chi connectivity index (χ0n) is 63.1. The van der Waals surface area contributed by atoms with Crippen LogP contribution in [0.4, 0.5) is 26.3 Å². The van der Waals surface area contributed by atoms with E-state index in [4.69, 9.17) is 11.6 Å². The number of likely N-dealkylation sites (N-methyl/N-ethyl adjacent to an activating group) is 5. The molecule has 105 heavy (non-hydrogen) atoms. The van der Waals surface area contributed by atoms with E-state index >= 15 is 33.6 Å². The summed E-state index contributed by atoms with van der Waals surface area (Å²) in [5.74, 6) is -13.8. The molecule has 0 aromatic carbocycles. The number of hydrogen-bond donors (Lipinski definition) is 4. The third-order valence-electron chi connectivity index (χ3n) is 25.0. The lowest BCUT2D eigenvalue weighted by molar-refractivity contribution is -0.184. The maximum Gasteiger partial charge on any atom is 0.393 e. The Morgan fingerprint density at radius 3 is 1.73 bits per heavy atom. The predicted molar refractivity (Wildman–Crippen MR) is 377 cm³/mol. The van der Waals surface area contributed by atoms with E-state index in [9.17, 15) is 50.3 Å². The molecule has 592 valence electrons. The number of nitrogens with zero attached hydrogens (tertiary/aromatic N) is 8. The van der Waals surface area contributed by atoms with Gasteiger partial charge in [0.15, 0.2) is 0 Å². The molecule has 4 saturated heterocycles. The topological polar surface area (TPSA) is 279 Å². The lowest BCUT2D eigenvalue weighted by Gasteiger charge is -2.44. The molecule has 8 aliphatic rings. The second-order valence-corrected chi connectivity index (χ2v) is 32.5. The molecule has 0 radical (unpaired) electrons. The highest BCUT2D eigenvalue weighted by molar-refractivity contribution is 6.21. The number of likely N-dealkylation sites (tertiary alicyclic amines) is 1. The van der Waals surface area contributed by atoms with E-state index < -0.39 is 197 Å². The minimum atomic E-state index is -4.55. The van der Waals surface area contributed by atoms with Crippen LogP contribution in [-0.4, -0.2) is 256 Å². The van der Waals surface area contributed by atoms with Crippen molar-refractivity contribution in [1.82, 2.24) is 60.5 Å². The van der Waals surface area contributed by atoms with Gasteiger partial charge in [0.1, 0.15) is 59.9 Å². The minimum absolute atomic E-state index is 0.00166. The average Bonchev–Trinajstić information content (AvgIpc) is 1.76. The standard InChI is InChI=1S/C74H115ClF6N12O12/c1-11-43(3)60-64(98)82-45(5)65(99)93-37-31-54(93)68(102)88(8)56(40-48-23-27-49(28-24-48)73(76,77)78)67(101)86(6)42-58(94)83-52(30-26-47-25-29-50(51(75)38-47)74(79,80)81)66(100)92-36-19-22-53(92)63(97)85-72(32-15-16-33-72)71(105)90(10)61(44(4)12-2)70(104)89(9)57(69(103)91-34-17-18-35-91)41-59(95)87(7)55(62(96)84-60)39-46-20-13-14-21-46/h43-57,60-61H,11-42H2,1-10H3,(H,82,98)(H,83,94)(H,84,96)(H,85,97)/t43-,44-,45-,47?,48?,49?,50?,51?,52-,53-,54-,55-,56-,57-,60-,61-/m0/s1. The first-order chi connectivity index (χ1) is 49.4. The van der Waals surface area contributed by atoms with Gasteiger partial charge in [-0.15, -0.1) is 11.6 Å². The molecule has 0 aromatic heterocycles. The van der Waals surface area contributed by atoms with Crippen LogP contribution in [-0.2, 0) is 57.5 Å². The number of carbonyl (C=O) groups is 12. The van der Waals surface area contributed by atoms with Crippen LogP contribution in [0, 0.1) is 41.4 Å². The maximum atomic E-state index is 15.6. The van der Waals surface area contributed by atoms with Crippen molar-refractivity contribution in [2.75, 3.05) is 68.0 Å². The van der Waals surface area contributed by atoms with Crippen molar-refractivity contribution in [2.45, 2.75) is 286 Å². The summed E-state index contributed by atoms with van der Waals surface area (Å²) >= 11 is 6.39. The molecule has 0 bridgehead atoms. The summed E-state index contributed by atoms with van der Waals surface area (Å²) in [5.41, 5.74) is -1.61. The first kappa shape index (κ1) is 84.1. The summed E-state index contributed by atoms with van der Waals surface area (Å²) in [6.07, 6.45) is -3.04. The summed E-state index contributed by atoms with van der Waals surface area (Å²) in [7, 11) is 6.92. The van der Waals surface area contributed by atoms with Gasteiger partial charge in [0.05, 0.1) is 24.8 Å². The van der Waals surface area contributed by atoms with E-state index in [0.717, 1.165) is 35.5 Å². The van der Waals surface area contributed by atoms with Crippen molar-refractivity contribution < 1.29 is 83.9 Å². The largest absolute Gasteiger partial charge is 0.393 e. The average molecular weight is 1510 g/mol. The van der Waals surface area contributed by atoms with Gasteiger partial charge in [0.25, 0.3) is 0 Å². The molecule has 4 aliphatic heterocycles. The van der Waals surface area contributed by atoms with Crippen molar-refractivity contribution >= 4 is 82.5 Å². The third kappa shape index (κ3) is 20.1. The summed E-state index contributed by atoms with van der Waals surface area (Å²) in [6, 6.07) is -11.7. The maximum absolute atomic E-state index is 15.6. The number of rotatable bonds is 12. The van der Waals surface area contributed by atoms with Gasteiger partial charge < -0.3 is 60.5 Å². The Balaban J connectivity index is 1.16. The molecule has 4 aliphatic carbocycles. The first-order valence-corrected chi connectivity index (χ1v) is 39.1. The Bertz CT molecular complexity index is 3120. The minimum Gasteiger partial charge on any atom is -0.343 e. The lowest BCUT2D eigenvalue weighted by Crippen LogP contribution is -2.65. The predicted octanol–water partition coefficient (Wildman–Crippen LogP) is 7.07. The number of amides is 12. The van der Waals surface area contributed by atoms with E-state index in [0.29, 0.717) is 58.0 Å². The Kier molecular flexibility index (Phi) is 29.0. The van der Waals surface area contributed by atoms with Gasteiger partial charge >= 0.3 is 12.4 Å². The molecule has 4 saturated carbocycles. The van der Waals surface area contributed by atoms with E-state index in [1.54, 1.807) is 18.7 Å². The molecular formula is C74H115ClF6N12O12. The molecule has 3 unspecified atom stereocenters. The van der Waals surface area contributed by atoms with Crippen molar-refractivity contribution in [3.8, 4) is 0 Å². The molecule has 0 aromatic rings. The van der Waals surface area contributed by atoms with Crippen LogP contribution in [0.3, 0.4) is 0 Å². The van der Waals surface area contributed by atoms with E-state index in [-0.39, 0.29) is 115 Å². The highest BCUT2D eigenvalue weighted by atomic mass is 35.5. The molecule has 4 heterocycles. The normalized spacial score (nSPS) is 32.4. The Morgan fingerprint density at radius 2 is 1.15 bits per heavy atom. The van der Waals surface area contributed by atoms with E-state index in [2.05, 4.69) is 21.3 Å². The molecule has 31 heteroatoms. The number of carbonyl (C=O) groups excluding carboxylic acids is 12. The zero-order valence-corrected chi connectivity index (χ0v) is 63.8. The van der Waals surface area contributed by atoms with Gasteiger partial charge in [0.2, 0.25) is 70.9 Å². The van der Waals surface area contributed by atoms with Gasteiger partial charge in [0, 0.05) is 66.8 Å². The Labute approximate surface area is 619 Å². The number of halogens is 7. The van der Waals surface area contributed by atoms with Gasteiger partial charge in [-0.3, -0.25) is 57.5 Å². The van der Waals surface area contributed by atoms with Crippen LogP contribution in [0.2, 0.25) is 0 Å². The summed E-state index contributed by atoms with van der Waals surface area (Å²) in [6.45, 7) is 8.59. The Hall–Kier alpha value is -6.49.